The van der Waals surface area contributed by atoms with Crippen LogP contribution in [0.2, 0.25) is 0 Å². The molecule has 1 aliphatic carbocycles. The lowest BCUT2D eigenvalue weighted by molar-refractivity contribution is -0.274. The zero-order valence-electron chi connectivity index (χ0n) is 67.9. The summed E-state index contributed by atoms with van der Waals surface area (Å²) < 4.78 is 78.1. The van der Waals surface area contributed by atoms with Crippen molar-refractivity contribution in [1.82, 2.24) is 15.3 Å². The van der Waals surface area contributed by atoms with E-state index < -0.39 is 6.36 Å². The number of rotatable bonds is 12. The first-order valence-electron chi connectivity index (χ1n) is 36.8. The molecule has 0 saturated heterocycles. The van der Waals surface area contributed by atoms with Gasteiger partial charge in [0.2, 0.25) is 5.91 Å². The molecule has 1 N–H and O–H groups in total. The Morgan fingerprint density at radius 1 is 0.373 bits per heavy atom. The number of ether oxygens (including phenoxy) is 1. The normalized spacial score (nSPS) is 11.4. The molecule has 0 bridgehead atoms. The van der Waals surface area contributed by atoms with Crippen molar-refractivity contribution in [3.63, 3.8) is 0 Å². The van der Waals surface area contributed by atoms with Crippen LogP contribution in [0.1, 0.15) is 296 Å². The maximum Gasteiger partial charge on any atom is 0.573 e. The molecule has 0 atom stereocenters. The second kappa shape index (κ2) is 49.2. The first-order chi connectivity index (χ1) is 47.3. The Bertz CT molecular complexity index is 3250. The molecule has 0 unspecified atom stereocenters. The molecule has 5 nitrogen and oxygen atoms in total. The Labute approximate surface area is 616 Å². The van der Waals surface area contributed by atoms with Crippen molar-refractivity contribution in [2.45, 2.75) is 273 Å². The van der Waals surface area contributed by atoms with E-state index in [-0.39, 0.29) is 40.9 Å². The zero-order chi connectivity index (χ0) is 78.3. The molecule has 1 amide bonds. The molecule has 102 heavy (non-hydrogen) atoms. The van der Waals surface area contributed by atoms with Gasteiger partial charge in [-0.2, -0.15) is 0 Å². The van der Waals surface area contributed by atoms with Crippen molar-refractivity contribution in [3.8, 4) is 5.75 Å². The lowest BCUT2D eigenvalue weighted by Crippen LogP contribution is -2.29. The molecule has 8 aromatic rings. The highest BCUT2D eigenvalue weighted by atomic mass is 19.4. The van der Waals surface area contributed by atoms with Crippen LogP contribution in [0.15, 0.2) is 164 Å². The summed E-state index contributed by atoms with van der Waals surface area (Å²) >= 11 is 0. The Morgan fingerprint density at radius 2 is 0.686 bits per heavy atom. The summed E-state index contributed by atoms with van der Waals surface area (Å²) in [5, 5.41) is 2.91. The third-order valence-electron chi connectivity index (χ3n) is 16.6. The molecule has 9 rings (SSSR count). The van der Waals surface area contributed by atoms with Crippen LogP contribution in [-0.4, -0.2) is 28.3 Å². The third kappa shape index (κ3) is 43.4. The molecule has 1 saturated carbocycles. The number of halogens is 6. The van der Waals surface area contributed by atoms with Gasteiger partial charge in [-0.15, -0.1) is 13.2 Å². The van der Waals surface area contributed by atoms with Gasteiger partial charge in [-0.25, -0.2) is 13.2 Å². The van der Waals surface area contributed by atoms with Crippen molar-refractivity contribution >= 4 is 5.91 Å². The lowest BCUT2D eigenvalue weighted by Gasteiger charge is -2.10. The molecule has 1 fully saturated rings. The van der Waals surface area contributed by atoms with Gasteiger partial charge in [0.05, 0.1) is 0 Å². The summed E-state index contributed by atoms with van der Waals surface area (Å²) in [4.78, 5) is 19.4. The third-order valence-corrected chi connectivity index (χ3v) is 16.6. The molecule has 2 heterocycles. The van der Waals surface area contributed by atoms with E-state index in [1.165, 1.54) is 69.7 Å². The molecule has 1 aliphatic rings. The zero-order valence-corrected chi connectivity index (χ0v) is 67.9. The first-order valence-corrected chi connectivity index (χ1v) is 36.8. The van der Waals surface area contributed by atoms with Gasteiger partial charge >= 0.3 is 6.36 Å². The summed E-state index contributed by atoms with van der Waals surface area (Å²) in [5.74, 6) is 5.36. The van der Waals surface area contributed by atoms with E-state index in [4.69, 9.17) is 0 Å². The number of alkyl halides is 3. The van der Waals surface area contributed by atoms with E-state index in [0.717, 1.165) is 50.8 Å². The number of hydrogen-bond donors (Lipinski definition) is 1. The summed E-state index contributed by atoms with van der Waals surface area (Å²) in [6.45, 7) is 60.2. The van der Waals surface area contributed by atoms with Gasteiger partial charge < -0.3 is 10.1 Å². The van der Waals surface area contributed by atoms with Gasteiger partial charge in [-0.3, -0.25) is 14.8 Å². The monoisotopic (exact) mass is 1410 g/mol. The van der Waals surface area contributed by atoms with Gasteiger partial charge in [-0.05, 0) is 224 Å². The van der Waals surface area contributed by atoms with E-state index in [1.54, 1.807) is 44.2 Å². The largest absolute Gasteiger partial charge is 0.573 e. The summed E-state index contributed by atoms with van der Waals surface area (Å²) in [6.07, 6.45) is 1.57. The number of aryl methyl sites for hydroxylation is 7. The minimum absolute atomic E-state index is 0.0833. The fourth-order valence-corrected chi connectivity index (χ4v) is 8.23. The fraction of sp³-hybridized carbons (Fsp3) is 0.484. The number of pyridine rings is 2. The number of carbonyl (C=O) groups excluding carboxylic acids is 1. The molecular formula is C91H131F6N3O2. The predicted octanol–water partition coefficient (Wildman–Crippen LogP) is 28.0. The Kier molecular flexibility index (Phi) is 45.6. The lowest BCUT2D eigenvalue weighted by atomic mass is 10.0. The van der Waals surface area contributed by atoms with Crippen molar-refractivity contribution in [1.29, 1.82) is 0 Å². The van der Waals surface area contributed by atoms with Crippen LogP contribution in [0.4, 0.5) is 26.3 Å². The number of carbonyl (C=O) groups is 1. The van der Waals surface area contributed by atoms with Crippen LogP contribution in [0.5, 0.6) is 5.75 Å². The Balaban J connectivity index is 0.00000112. The van der Waals surface area contributed by atoms with Crippen molar-refractivity contribution in [2.75, 3.05) is 0 Å². The van der Waals surface area contributed by atoms with Gasteiger partial charge in [0, 0.05) is 35.7 Å². The van der Waals surface area contributed by atoms with E-state index in [1.807, 2.05) is 97.3 Å². The number of benzene rings is 6. The number of aromatic nitrogens is 2. The number of nitrogens with one attached hydrogen (secondary N) is 1. The van der Waals surface area contributed by atoms with E-state index in [9.17, 15) is 31.1 Å². The molecule has 0 radical (unpaired) electrons. The van der Waals surface area contributed by atoms with E-state index in [2.05, 4.69) is 231 Å². The highest BCUT2D eigenvalue weighted by Gasteiger charge is 2.31. The fourth-order valence-electron chi connectivity index (χ4n) is 8.23. The highest BCUT2D eigenvalue weighted by Crippen LogP contribution is 2.26. The van der Waals surface area contributed by atoms with Crippen LogP contribution in [0.3, 0.4) is 0 Å². The highest BCUT2D eigenvalue weighted by molar-refractivity contribution is 5.78. The molecule has 0 aliphatic heterocycles. The van der Waals surface area contributed by atoms with Crippen LogP contribution >= 0.6 is 0 Å². The molecule has 0 spiro atoms. The maximum absolute atomic E-state index is 13.1. The summed E-state index contributed by atoms with van der Waals surface area (Å²) in [5.41, 5.74) is 16.6. The van der Waals surface area contributed by atoms with Gasteiger partial charge in [0.1, 0.15) is 23.2 Å². The quantitative estimate of drug-likeness (QED) is 0.124. The first kappa shape index (κ1) is 94.5. The minimum Gasteiger partial charge on any atom is -0.406 e. The average molecular weight is 1410 g/mol. The molecule has 564 valence electrons. The smallest absolute Gasteiger partial charge is 0.406 e. The Morgan fingerprint density at radius 3 is 0.931 bits per heavy atom. The van der Waals surface area contributed by atoms with Crippen LogP contribution < -0.4 is 10.1 Å². The second-order valence-corrected chi connectivity index (χ2v) is 30.2. The van der Waals surface area contributed by atoms with Crippen molar-refractivity contribution < 1.29 is 35.9 Å². The summed E-state index contributed by atoms with van der Waals surface area (Å²) in [7, 11) is 0. The van der Waals surface area contributed by atoms with Gasteiger partial charge in [0.25, 0.3) is 0 Å². The topological polar surface area (TPSA) is 64.1 Å². The van der Waals surface area contributed by atoms with Gasteiger partial charge in [0.15, 0.2) is 0 Å². The van der Waals surface area contributed by atoms with E-state index in [0.29, 0.717) is 47.5 Å². The predicted molar refractivity (Wildman–Crippen MR) is 425 cm³/mol. The van der Waals surface area contributed by atoms with Crippen molar-refractivity contribution in [2.24, 2.45) is 17.8 Å². The average Bonchev–Trinajstić information content (AvgIpc) is 1.32. The molecular weight excluding hydrogens is 1280 g/mol. The van der Waals surface area contributed by atoms with Crippen LogP contribution in [0, 0.1) is 83.7 Å². The molecule has 2 aromatic heterocycles. The molecule has 11 heteroatoms. The standard InChI is InChI=1S/C10H11F3O.3C10H13F.2C10H14.2C9H13N.C7H13NO.C6H14/c1-7(2)8-3-5-9(6-4-8)14-10(11,12)13;2*1-7(2)9-5-4-8(3)10(11)6-9;1-7(2)9-5-4-8(3)6-10(9)11;2*1-8(2)10-6-4-9(3)5-7-10;2*1-7(2)9-5-4-8(3)6-10-9;1-5(2)7(9)8-6-3-4-6;1-5(2)6(3)4/h3-7H,1-2H3;3*4-7H,1-3H3;2*4-8H,1-3H3;2*4-7H,1-3H3;5-6H,3-4H2,1-2H3,(H,8,9);5-6H,1-4H3. The SMILES string of the molecule is CC(C)C(=O)NC1CC1.CC(C)C(C)C.CC(C)c1ccc(OC(F)(F)F)cc1.Cc1ccc(C(C)C)c(F)c1.Cc1ccc(C(C)C)cc1.Cc1ccc(C(C)C)cc1.Cc1ccc(C(C)C)cc1F.Cc1ccc(C(C)C)cc1F.Cc1ccc(C(C)C)nc1.Cc1ccc(C(C)C)nc1. The van der Waals surface area contributed by atoms with Crippen LogP contribution in [0.25, 0.3) is 0 Å². The van der Waals surface area contributed by atoms with E-state index >= 15 is 0 Å². The summed E-state index contributed by atoms with van der Waals surface area (Å²) in [6, 6.07) is 48.4. The minimum atomic E-state index is -4.61. The van der Waals surface area contributed by atoms with Gasteiger partial charge in [-0.1, -0.05) is 273 Å². The number of amides is 1. The number of hydrogen-bond acceptors (Lipinski definition) is 4. The second-order valence-electron chi connectivity index (χ2n) is 30.2. The molecule has 6 aromatic carbocycles. The Hall–Kier alpha value is -7.53. The number of nitrogens with zero attached hydrogens (tertiary/aromatic N) is 2. The van der Waals surface area contributed by atoms with Crippen LogP contribution in [-0.2, 0) is 4.79 Å². The van der Waals surface area contributed by atoms with Crippen molar-refractivity contribution in [3.05, 3.63) is 265 Å². The maximum atomic E-state index is 13.1.